The second-order valence-corrected chi connectivity index (χ2v) is 9.89. The number of nitrogens with zero attached hydrogens (tertiary/aromatic N) is 1. The number of halogens is 3. The molecule has 0 aliphatic rings. The van der Waals surface area contributed by atoms with Crippen molar-refractivity contribution in [1.29, 1.82) is 0 Å². The lowest BCUT2D eigenvalue weighted by molar-refractivity contribution is 0.0977. The molecule has 0 atom stereocenters. The molecular formula is C22H19Cl2FN2O4S. The Hall–Kier alpha value is -2.68. The van der Waals surface area contributed by atoms with Gasteiger partial charge in [-0.15, -0.1) is 0 Å². The Kier molecular flexibility index (Phi) is 6.78. The van der Waals surface area contributed by atoms with E-state index in [1.54, 1.807) is 29.8 Å². The number of aryl methyl sites for hydroxylation is 3. The molecule has 1 aromatic heterocycles. The van der Waals surface area contributed by atoms with Crippen LogP contribution in [0.4, 0.5) is 4.39 Å². The summed E-state index contributed by atoms with van der Waals surface area (Å²) in [7, 11) is -3.82. The second-order valence-electron chi connectivity index (χ2n) is 7.33. The number of hydrogen-bond acceptors (Lipinski definition) is 5. The van der Waals surface area contributed by atoms with E-state index in [2.05, 4.69) is 4.98 Å². The third-order valence-electron chi connectivity index (χ3n) is 4.71. The molecule has 0 fully saturated rings. The van der Waals surface area contributed by atoms with Gasteiger partial charge < -0.3 is 4.74 Å². The average molecular weight is 497 g/mol. The van der Waals surface area contributed by atoms with Crippen molar-refractivity contribution in [2.45, 2.75) is 20.8 Å². The van der Waals surface area contributed by atoms with Crippen molar-refractivity contribution in [3.63, 3.8) is 0 Å². The lowest BCUT2D eigenvalue weighted by Gasteiger charge is -2.13. The van der Waals surface area contributed by atoms with Crippen LogP contribution in [-0.2, 0) is 10.0 Å². The Bertz CT molecular complexity index is 1340. The summed E-state index contributed by atoms with van der Waals surface area (Å²) in [6.45, 7) is 5.51. The number of amides is 1. The van der Waals surface area contributed by atoms with E-state index in [4.69, 9.17) is 27.9 Å². The van der Waals surface area contributed by atoms with Gasteiger partial charge in [0.1, 0.15) is 16.6 Å². The van der Waals surface area contributed by atoms with Crippen molar-refractivity contribution in [3.05, 3.63) is 74.6 Å². The van der Waals surface area contributed by atoms with Gasteiger partial charge >= 0.3 is 0 Å². The van der Waals surface area contributed by atoms with Gasteiger partial charge in [-0.1, -0.05) is 23.2 Å². The zero-order valence-electron chi connectivity index (χ0n) is 17.6. The van der Waals surface area contributed by atoms with Crippen LogP contribution in [-0.4, -0.2) is 25.6 Å². The van der Waals surface area contributed by atoms with Gasteiger partial charge in [-0.25, -0.2) is 22.5 Å². The summed E-state index contributed by atoms with van der Waals surface area (Å²) in [5.41, 5.74) is 3.06. The van der Waals surface area contributed by atoms with Gasteiger partial charge in [-0.05, 0) is 73.4 Å². The van der Waals surface area contributed by atoms with Crippen LogP contribution < -0.4 is 9.46 Å². The van der Waals surface area contributed by atoms with Crippen molar-refractivity contribution in [1.82, 2.24) is 9.71 Å². The predicted octanol–water partition coefficient (Wildman–Crippen LogP) is 5.60. The topological polar surface area (TPSA) is 85.4 Å². The molecule has 0 spiro atoms. The fraction of sp³-hybridized carbons (Fsp3) is 0.182. The normalized spacial score (nSPS) is 11.3. The summed E-state index contributed by atoms with van der Waals surface area (Å²) < 4.78 is 44.6. The monoisotopic (exact) mass is 496 g/mol. The fourth-order valence-corrected chi connectivity index (χ4v) is 3.88. The van der Waals surface area contributed by atoms with Gasteiger partial charge in [0.2, 0.25) is 15.9 Å². The number of pyridine rings is 1. The van der Waals surface area contributed by atoms with E-state index in [0.717, 1.165) is 23.4 Å². The lowest BCUT2D eigenvalue weighted by Crippen LogP contribution is -2.30. The standard InChI is InChI=1S/C22H19Cl2FN2O4S/c1-11-6-17(23)20(7-12(11)2)31-22-18(24)8-14(10-26-22)15-9-19(25)16(5-13(15)3)21(28)27-32(4,29)30/h5-10H,1-4H3,(H,27,28). The van der Waals surface area contributed by atoms with Gasteiger partial charge in [0.15, 0.2) is 0 Å². The number of hydrogen-bond donors (Lipinski definition) is 1. The summed E-state index contributed by atoms with van der Waals surface area (Å²) in [5, 5.41) is 0.589. The van der Waals surface area contributed by atoms with E-state index < -0.39 is 21.7 Å². The highest BCUT2D eigenvalue weighted by Gasteiger charge is 2.19. The van der Waals surface area contributed by atoms with Crippen LogP contribution in [0.15, 0.2) is 36.5 Å². The van der Waals surface area contributed by atoms with Crippen molar-refractivity contribution < 1.29 is 22.3 Å². The molecule has 168 valence electrons. The maximum absolute atomic E-state index is 14.6. The molecule has 0 saturated carbocycles. The molecule has 0 aliphatic heterocycles. The lowest BCUT2D eigenvalue weighted by atomic mass is 9.99. The van der Waals surface area contributed by atoms with Gasteiger partial charge in [0.05, 0.1) is 16.8 Å². The minimum absolute atomic E-state index is 0.128. The summed E-state index contributed by atoms with van der Waals surface area (Å²) in [6, 6.07) is 7.50. The first kappa shape index (κ1) is 24.0. The van der Waals surface area contributed by atoms with E-state index >= 15 is 0 Å². The number of rotatable bonds is 5. The Morgan fingerprint density at radius 2 is 1.66 bits per heavy atom. The second kappa shape index (κ2) is 9.05. The molecule has 0 saturated heterocycles. The van der Waals surface area contributed by atoms with Crippen molar-refractivity contribution in [3.8, 4) is 22.8 Å². The molecule has 1 N–H and O–H groups in total. The smallest absolute Gasteiger partial charge is 0.267 e. The molecule has 0 radical (unpaired) electrons. The summed E-state index contributed by atoms with van der Waals surface area (Å²) >= 11 is 12.6. The first-order valence-electron chi connectivity index (χ1n) is 9.28. The molecule has 0 unspecified atom stereocenters. The number of sulfonamides is 1. The number of ether oxygens (including phenoxy) is 1. The predicted molar refractivity (Wildman–Crippen MR) is 123 cm³/mol. The molecule has 32 heavy (non-hydrogen) atoms. The van der Waals surface area contributed by atoms with Crippen LogP contribution in [0, 0.1) is 26.6 Å². The molecule has 3 aromatic rings. The fourth-order valence-electron chi connectivity index (χ4n) is 2.97. The number of carbonyl (C=O) groups is 1. The van der Waals surface area contributed by atoms with E-state index in [9.17, 15) is 17.6 Å². The number of aromatic nitrogens is 1. The van der Waals surface area contributed by atoms with E-state index in [1.807, 2.05) is 13.8 Å². The molecule has 6 nitrogen and oxygen atoms in total. The number of carbonyl (C=O) groups excluding carboxylic acids is 1. The SMILES string of the molecule is Cc1cc(Cl)c(Oc2ncc(-c3cc(F)c(C(=O)NS(C)(=O)=O)cc3C)cc2Cl)cc1C. The zero-order valence-corrected chi connectivity index (χ0v) is 19.9. The Labute approximate surface area is 195 Å². The average Bonchev–Trinajstić information content (AvgIpc) is 2.67. The maximum Gasteiger partial charge on any atom is 0.267 e. The maximum atomic E-state index is 14.6. The Morgan fingerprint density at radius 3 is 2.28 bits per heavy atom. The van der Waals surface area contributed by atoms with Crippen LogP contribution >= 0.6 is 23.2 Å². The largest absolute Gasteiger partial charge is 0.436 e. The molecule has 0 bridgehead atoms. The highest BCUT2D eigenvalue weighted by atomic mass is 35.5. The highest BCUT2D eigenvalue weighted by molar-refractivity contribution is 7.89. The first-order chi connectivity index (χ1) is 14.9. The molecule has 1 heterocycles. The van der Waals surface area contributed by atoms with E-state index in [0.29, 0.717) is 27.5 Å². The van der Waals surface area contributed by atoms with Crippen LogP contribution in [0.2, 0.25) is 10.0 Å². The molecule has 10 heteroatoms. The summed E-state index contributed by atoms with van der Waals surface area (Å²) in [4.78, 5) is 16.3. The highest BCUT2D eigenvalue weighted by Crippen LogP contribution is 2.36. The third kappa shape index (κ3) is 5.38. The van der Waals surface area contributed by atoms with E-state index in [-0.39, 0.29) is 16.5 Å². The zero-order chi connectivity index (χ0) is 23.8. The van der Waals surface area contributed by atoms with Crippen molar-refractivity contribution in [2.75, 3.05) is 6.26 Å². The third-order valence-corrected chi connectivity index (χ3v) is 5.83. The Morgan fingerprint density at radius 1 is 1.00 bits per heavy atom. The van der Waals surface area contributed by atoms with Crippen LogP contribution in [0.3, 0.4) is 0 Å². The van der Waals surface area contributed by atoms with Gasteiger partial charge in [-0.3, -0.25) is 4.79 Å². The molecule has 2 aromatic carbocycles. The first-order valence-corrected chi connectivity index (χ1v) is 11.9. The number of benzene rings is 2. The van der Waals surface area contributed by atoms with Gasteiger partial charge in [0, 0.05) is 11.8 Å². The summed E-state index contributed by atoms with van der Waals surface area (Å²) in [5.74, 6) is -1.40. The van der Waals surface area contributed by atoms with Gasteiger partial charge in [0.25, 0.3) is 5.91 Å². The van der Waals surface area contributed by atoms with Crippen LogP contribution in [0.5, 0.6) is 11.6 Å². The minimum atomic E-state index is -3.82. The van der Waals surface area contributed by atoms with E-state index in [1.165, 1.54) is 12.3 Å². The molecule has 1 amide bonds. The van der Waals surface area contributed by atoms with Crippen molar-refractivity contribution >= 4 is 39.1 Å². The van der Waals surface area contributed by atoms with Crippen molar-refractivity contribution in [2.24, 2.45) is 0 Å². The quantitative estimate of drug-likeness (QED) is 0.496. The molecule has 3 rings (SSSR count). The van der Waals surface area contributed by atoms with Crippen LogP contribution in [0.1, 0.15) is 27.0 Å². The van der Waals surface area contributed by atoms with Gasteiger partial charge in [-0.2, -0.15) is 0 Å². The number of nitrogens with one attached hydrogen (secondary N) is 1. The minimum Gasteiger partial charge on any atom is -0.436 e. The van der Waals surface area contributed by atoms with Crippen LogP contribution in [0.25, 0.3) is 11.1 Å². The summed E-state index contributed by atoms with van der Waals surface area (Å²) in [6.07, 6.45) is 2.26. The molecular weight excluding hydrogens is 478 g/mol. The Balaban J connectivity index is 1.93. The molecule has 0 aliphatic carbocycles.